The summed E-state index contributed by atoms with van der Waals surface area (Å²) in [5.74, 6) is 0. The van der Waals surface area contributed by atoms with Gasteiger partial charge in [-0.2, -0.15) is 16.3 Å². The van der Waals surface area contributed by atoms with Gasteiger partial charge in [0.2, 0.25) is 0 Å². The monoisotopic (exact) mass is 158 g/mol. The van der Waals surface area contributed by atoms with Crippen LogP contribution in [0, 0.1) is 11.3 Å². The highest BCUT2D eigenvalue weighted by atomic mass is 32.2. The zero-order valence-electron chi connectivity index (χ0n) is 6.52. The molecule has 1 N–H and O–H groups in total. The van der Waals surface area contributed by atoms with E-state index in [0.29, 0.717) is 0 Å². The first-order valence-corrected chi connectivity index (χ1v) is 5.36. The lowest BCUT2D eigenvalue weighted by Crippen LogP contribution is -2.35. The maximum absolute atomic E-state index is 8.85. The first-order chi connectivity index (χ1) is 4.69. The Morgan fingerprint density at radius 3 is 2.80 bits per heavy atom. The zero-order valence-corrected chi connectivity index (χ0v) is 7.41. The average molecular weight is 158 g/mol. The number of hydrogen-bond donors (Lipinski definition) is 2. The quantitative estimate of drug-likeness (QED) is 0.520. The second-order valence-electron chi connectivity index (χ2n) is 2.96. The Bertz CT molecular complexity index is 163. The summed E-state index contributed by atoms with van der Waals surface area (Å²) in [6.45, 7) is 3.16. The number of rotatable bonds is 0. The zero-order chi connectivity index (χ0) is 7.61. The van der Waals surface area contributed by atoms with E-state index in [0.717, 1.165) is 19.4 Å². The van der Waals surface area contributed by atoms with Crippen molar-refractivity contribution in [3.63, 3.8) is 0 Å². The third-order valence-electron chi connectivity index (χ3n) is 2.17. The lowest BCUT2D eigenvalue weighted by atomic mass is 10.1. The first-order valence-electron chi connectivity index (χ1n) is 3.58. The van der Waals surface area contributed by atoms with E-state index in [1.807, 2.05) is 0 Å². The van der Waals surface area contributed by atoms with Gasteiger partial charge in [0.15, 0.2) is 0 Å². The molecule has 0 radical (unpaired) electrons. The molecule has 2 atom stereocenters. The third kappa shape index (κ3) is 1.28. The van der Waals surface area contributed by atoms with Crippen molar-refractivity contribution < 1.29 is 0 Å². The van der Waals surface area contributed by atoms with Crippen molar-refractivity contribution in [3.8, 4) is 6.07 Å². The van der Waals surface area contributed by atoms with E-state index in [9.17, 15) is 0 Å². The van der Waals surface area contributed by atoms with E-state index in [2.05, 4.69) is 24.0 Å². The molecule has 0 aromatic heterocycles. The Kier molecular flexibility index (Phi) is 2.22. The van der Waals surface area contributed by atoms with E-state index in [1.54, 1.807) is 0 Å². The molecule has 0 aromatic carbocycles. The molecule has 1 heterocycles. The van der Waals surface area contributed by atoms with Gasteiger partial charge >= 0.3 is 0 Å². The lowest BCUT2D eigenvalue weighted by Gasteiger charge is -2.37. The molecular formula is C7H14N2S. The van der Waals surface area contributed by atoms with Crippen molar-refractivity contribution >= 4 is 11.1 Å². The van der Waals surface area contributed by atoms with Gasteiger partial charge < -0.3 is 0 Å². The van der Waals surface area contributed by atoms with Crippen LogP contribution in [0.25, 0.3) is 0 Å². The van der Waals surface area contributed by atoms with Crippen LogP contribution in [0.2, 0.25) is 0 Å². The summed E-state index contributed by atoms with van der Waals surface area (Å²) in [6.07, 6.45) is 4.37. The minimum absolute atomic E-state index is 0.0619. The Morgan fingerprint density at radius 1 is 1.70 bits per heavy atom. The third-order valence-corrected chi connectivity index (χ3v) is 4.67. The van der Waals surface area contributed by atoms with Crippen molar-refractivity contribution in [1.29, 1.82) is 5.26 Å². The van der Waals surface area contributed by atoms with Gasteiger partial charge in [0.25, 0.3) is 0 Å². The molecule has 0 saturated carbocycles. The molecule has 1 fully saturated rings. The van der Waals surface area contributed by atoms with Crippen molar-refractivity contribution in [1.82, 2.24) is 4.72 Å². The topological polar surface area (TPSA) is 35.8 Å². The van der Waals surface area contributed by atoms with Crippen LogP contribution in [0.5, 0.6) is 0 Å². The summed E-state index contributed by atoms with van der Waals surface area (Å²) >= 11 is -0.248. The van der Waals surface area contributed by atoms with E-state index in [-0.39, 0.29) is 15.8 Å². The van der Waals surface area contributed by atoms with Crippen molar-refractivity contribution in [3.05, 3.63) is 0 Å². The molecule has 1 aliphatic rings. The van der Waals surface area contributed by atoms with Crippen LogP contribution in [0.15, 0.2) is 0 Å². The van der Waals surface area contributed by atoms with Gasteiger partial charge in [0, 0.05) is 6.54 Å². The highest BCUT2D eigenvalue weighted by molar-refractivity contribution is 8.16. The fourth-order valence-electron chi connectivity index (χ4n) is 1.15. The standard InChI is InChI=1S/C7H14N2S/c1-7(6-8)4-3-5-9-10(7)2/h9-10H,3-5H2,1-2H3. The molecule has 0 amide bonds. The van der Waals surface area contributed by atoms with Crippen LogP contribution in [-0.2, 0) is 0 Å². The largest absolute Gasteiger partial charge is 0.282 e. The van der Waals surface area contributed by atoms with E-state index in [4.69, 9.17) is 5.26 Å². The van der Waals surface area contributed by atoms with E-state index >= 15 is 0 Å². The second kappa shape index (κ2) is 2.81. The number of nitriles is 1. The Hall–Kier alpha value is -0.200. The highest BCUT2D eigenvalue weighted by Crippen LogP contribution is 2.40. The summed E-state index contributed by atoms with van der Waals surface area (Å²) < 4.78 is 3.30. The molecule has 58 valence electrons. The maximum atomic E-state index is 8.85. The van der Waals surface area contributed by atoms with Gasteiger partial charge in [0.05, 0.1) is 10.8 Å². The predicted octanol–water partition coefficient (Wildman–Crippen LogP) is 1.20. The van der Waals surface area contributed by atoms with Gasteiger partial charge in [-0.05, 0) is 26.0 Å². The summed E-state index contributed by atoms with van der Waals surface area (Å²) in [5, 5.41) is 8.85. The predicted molar refractivity (Wildman–Crippen MR) is 46.2 cm³/mol. The number of thiol groups is 1. The average Bonchev–Trinajstić information content (AvgIpc) is 1.96. The van der Waals surface area contributed by atoms with Crippen LogP contribution in [0.3, 0.4) is 0 Å². The van der Waals surface area contributed by atoms with E-state index < -0.39 is 0 Å². The summed E-state index contributed by atoms with van der Waals surface area (Å²) in [6, 6.07) is 2.40. The second-order valence-corrected chi connectivity index (χ2v) is 5.38. The molecule has 1 rings (SSSR count). The number of nitrogens with zero attached hydrogens (tertiary/aromatic N) is 1. The molecule has 10 heavy (non-hydrogen) atoms. The normalized spacial score (nSPS) is 44.3. The highest BCUT2D eigenvalue weighted by Gasteiger charge is 2.30. The SMILES string of the molecule is C[SH]1NCCCC1(C)C#N. The van der Waals surface area contributed by atoms with Crippen molar-refractivity contribution in [2.75, 3.05) is 12.8 Å². The smallest absolute Gasteiger partial charge is 0.0929 e. The summed E-state index contributed by atoms with van der Waals surface area (Å²) in [7, 11) is 0. The molecule has 0 aliphatic carbocycles. The molecule has 1 saturated heterocycles. The lowest BCUT2D eigenvalue weighted by molar-refractivity contribution is 0.612. The molecule has 1 aliphatic heterocycles. The fourth-order valence-corrected chi connectivity index (χ4v) is 2.64. The molecule has 0 spiro atoms. The first kappa shape index (κ1) is 7.90. The number of nitrogens with one attached hydrogen (secondary N) is 1. The Balaban J connectivity index is 2.65. The summed E-state index contributed by atoms with van der Waals surface area (Å²) in [4.78, 5) is 0. The number of hydrogen-bond acceptors (Lipinski definition) is 2. The summed E-state index contributed by atoms with van der Waals surface area (Å²) in [5.41, 5.74) is 0. The van der Waals surface area contributed by atoms with Gasteiger partial charge in [-0.1, -0.05) is 0 Å². The fraction of sp³-hybridized carbons (Fsp3) is 0.857. The molecule has 0 aromatic rings. The van der Waals surface area contributed by atoms with Crippen molar-refractivity contribution in [2.24, 2.45) is 0 Å². The van der Waals surface area contributed by atoms with Crippen molar-refractivity contribution in [2.45, 2.75) is 24.5 Å². The van der Waals surface area contributed by atoms with Crippen LogP contribution < -0.4 is 4.72 Å². The minimum Gasteiger partial charge on any atom is -0.282 e. The minimum atomic E-state index is -0.248. The van der Waals surface area contributed by atoms with Gasteiger partial charge in [-0.3, -0.25) is 4.72 Å². The van der Waals surface area contributed by atoms with E-state index in [1.165, 1.54) is 0 Å². The molecule has 2 unspecified atom stereocenters. The molecule has 0 bridgehead atoms. The Labute approximate surface area is 65.1 Å². The van der Waals surface area contributed by atoms with Gasteiger partial charge in [-0.25, -0.2) is 0 Å². The van der Waals surface area contributed by atoms with Crippen LogP contribution in [-0.4, -0.2) is 17.5 Å². The van der Waals surface area contributed by atoms with Gasteiger partial charge in [-0.15, -0.1) is 0 Å². The van der Waals surface area contributed by atoms with Gasteiger partial charge in [0.1, 0.15) is 0 Å². The maximum Gasteiger partial charge on any atom is 0.0929 e. The van der Waals surface area contributed by atoms with Crippen LogP contribution >= 0.6 is 11.1 Å². The molecule has 3 heteroatoms. The molecule has 2 nitrogen and oxygen atoms in total. The molecular weight excluding hydrogens is 144 g/mol. The van der Waals surface area contributed by atoms with Crippen LogP contribution in [0.1, 0.15) is 19.8 Å². The Morgan fingerprint density at radius 2 is 2.40 bits per heavy atom. The van der Waals surface area contributed by atoms with Crippen LogP contribution in [0.4, 0.5) is 0 Å².